The van der Waals surface area contributed by atoms with Gasteiger partial charge in [-0.05, 0) is 37.1 Å². The molecule has 0 radical (unpaired) electrons. The van der Waals surface area contributed by atoms with Crippen molar-refractivity contribution < 1.29 is 14.6 Å². The highest BCUT2D eigenvalue weighted by Gasteiger charge is 2.17. The Morgan fingerprint density at radius 1 is 1.06 bits per heavy atom. The number of nitrogens with zero attached hydrogens (tertiary/aromatic N) is 3. The number of carbonyl (C=O) groups is 1. The largest absolute Gasteiger partial charge is 0.484 e. The molecule has 0 unspecified atom stereocenters. The first-order valence-electron chi connectivity index (χ1n) is 11.5. The molecule has 0 aliphatic carbocycles. The first-order chi connectivity index (χ1) is 16.5. The lowest BCUT2D eigenvalue weighted by atomic mass is 10.2. The first kappa shape index (κ1) is 25.2. The van der Waals surface area contributed by atoms with Crippen molar-refractivity contribution in [3.8, 4) is 17.1 Å². The van der Waals surface area contributed by atoms with Gasteiger partial charge in [0.1, 0.15) is 17.1 Å². The number of H-pyrrole nitrogens is 1. The second kappa shape index (κ2) is 12.1. The molecule has 4 N–H and O–H groups in total. The third kappa shape index (κ3) is 5.91. The molecule has 3 rings (SSSR count). The van der Waals surface area contributed by atoms with Gasteiger partial charge >= 0.3 is 5.69 Å². The van der Waals surface area contributed by atoms with Crippen LogP contribution in [0.25, 0.3) is 22.6 Å². The summed E-state index contributed by atoms with van der Waals surface area (Å²) in [5.74, 6) is 0.747. The van der Waals surface area contributed by atoms with Crippen molar-refractivity contribution in [1.29, 1.82) is 0 Å². The van der Waals surface area contributed by atoms with Crippen LogP contribution in [0.4, 0.5) is 0 Å². The summed E-state index contributed by atoms with van der Waals surface area (Å²) in [4.78, 5) is 45.2. The first-order valence-corrected chi connectivity index (χ1v) is 11.5. The van der Waals surface area contributed by atoms with Gasteiger partial charge in [-0.2, -0.15) is 0 Å². The van der Waals surface area contributed by atoms with Crippen molar-refractivity contribution >= 4 is 17.1 Å². The normalized spacial score (nSPS) is 11.1. The maximum Gasteiger partial charge on any atom is 0.332 e. The standard InChI is InChI=1S/C23H32N6O5/c1-3-12-28-21-19(22(32)29(13-4-2)23(28)33)26-20(27-21)16-5-7-17(8-6-16)34-15-18(31)25-10-9-24-11-14-30/h5-8,24,30H,3-4,9-15H2,1-2H3,(H,25,31)(H,26,27). The fourth-order valence-corrected chi connectivity index (χ4v) is 3.55. The predicted octanol–water partition coefficient (Wildman–Crippen LogP) is 0.450. The second-order valence-corrected chi connectivity index (χ2v) is 7.81. The number of hydrogen-bond donors (Lipinski definition) is 4. The van der Waals surface area contributed by atoms with Crippen LogP contribution in [0.2, 0.25) is 0 Å². The molecular weight excluding hydrogens is 440 g/mol. The van der Waals surface area contributed by atoms with Gasteiger partial charge in [0.25, 0.3) is 11.5 Å². The van der Waals surface area contributed by atoms with Gasteiger partial charge in [0.05, 0.1) is 6.61 Å². The van der Waals surface area contributed by atoms with Gasteiger partial charge in [0, 0.05) is 38.3 Å². The van der Waals surface area contributed by atoms with Crippen LogP contribution in [0.5, 0.6) is 5.75 Å². The topological polar surface area (TPSA) is 143 Å². The summed E-state index contributed by atoms with van der Waals surface area (Å²) in [6, 6.07) is 6.98. The Bertz CT molecular complexity index is 1210. The summed E-state index contributed by atoms with van der Waals surface area (Å²) >= 11 is 0. The van der Waals surface area contributed by atoms with Crippen LogP contribution >= 0.6 is 0 Å². The molecule has 34 heavy (non-hydrogen) atoms. The molecular formula is C23H32N6O5. The number of imidazole rings is 1. The maximum absolute atomic E-state index is 12.9. The fraction of sp³-hybridized carbons (Fsp3) is 0.478. The number of hydrogen-bond acceptors (Lipinski definition) is 7. The number of ether oxygens (including phenoxy) is 1. The van der Waals surface area contributed by atoms with Crippen LogP contribution in [-0.4, -0.2) is 63.0 Å². The Labute approximate surface area is 196 Å². The van der Waals surface area contributed by atoms with Crippen molar-refractivity contribution in [3.63, 3.8) is 0 Å². The quantitative estimate of drug-likeness (QED) is 0.265. The number of nitrogens with one attached hydrogen (secondary N) is 3. The van der Waals surface area contributed by atoms with E-state index < -0.39 is 0 Å². The second-order valence-electron chi connectivity index (χ2n) is 7.81. The van der Waals surface area contributed by atoms with Gasteiger partial charge < -0.3 is 25.5 Å². The zero-order chi connectivity index (χ0) is 24.5. The molecule has 0 saturated carbocycles. The highest BCUT2D eigenvalue weighted by Crippen LogP contribution is 2.21. The van der Waals surface area contributed by atoms with Crippen molar-refractivity contribution in [2.75, 3.05) is 32.8 Å². The van der Waals surface area contributed by atoms with Gasteiger partial charge in [-0.25, -0.2) is 9.78 Å². The third-order valence-electron chi connectivity index (χ3n) is 5.17. The summed E-state index contributed by atoms with van der Waals surface area (Å²) in [6.07, 6.45) is 1.41. The number of fused-ring (bicyclic) bond motifs is 1. The summed E-state index contributed by atoms with van der Waals surface area (Å²) in [6.45, 7) is 6.12. The summed E-state index contributed by atoms with van der Waals surface area (Å²) in [5, 5.41) is 14.4. The van der Waals surface area contributed by atoms with Crippen molar-refractivity contribution in [2.24, 2.45) is 0 Å². The van der Waals surface area contributed by atoms with Crippen molar-refractivity contribution in [2.45, 2.75) is 39.8 Å². The van der Waals surface area contributed by atoms with E-state index in [1.54, 1.807) is 28.8 Å². The predicted molar refractivity (Wildman–Crippen MR) is 129 cm³/mol. The number of aromatic amines is 1. The summed E-state index contributed by atoms with van der Waals surface area (Å²) in [5.41, 5.74) is 0.669. The molecule has 3 aromatic rings. The van der Waals surface area contributed by atoms with Crippen LogP contribution in [0, 0.1) is 0 Å². The molecule has 0 aliphatic rings. The number of carbonyl (C=O) groups excluding carboxylic acids is 1. The third-order valence-corrected chi connectivity index (χ3v) is 5.17. The molecule has 2 heterocycles. The lowest BCUT2D eigenvalue weighted by molar-refractivity contribution is -0.123. The molecule has 0 spiro atoms. The molecule has 1 aromatic carbocycles. The molecule has 0 fully saturated rings. The Hall–Kier alpha value is -3.44. The van der Waals surface area contributed by atoms with E-state index in [0.29, 0.717) is 61.9 Å². The Balaban J connectivity index is 1.73. The minimum Gasteiger partial charge on any atom is -0.484 e. The Morgan fingerprint density at radius 3 is 2.44 bits per heavy atom. The molecule has 0 aliphatic heterocycles. The fourth-order valence-electron chi connectivity index (χ4n) is 3.55. The average Bonchev–Trinajstić information content (AvgIpc) is 3.29. The molecule has 2 aromatic heterocycles. The van der Waals surface area contributed by atoms with Gasteiger partial charge in [-0.3, -0.25) is 18.7 Å². The minimum atomic E-state index is -0.370. The molecule has 1 amide bonds. The Kier molecular flexibility index (Phi) is 9.00. The molecule has 0 atom stereocenters. The molecule has 11 heteroatoms. The summed E-state index contributed by atoms with van der Waals surface area (Å²) in [7, 11) is 0. The van der Waals surface area contributed by atoms with Crippen molar-refractivity contribution in [3.05, 3.63) is 45.1 Å². The van der Waals surface area contributed by atoms with E-state index in [1.807, 2.05) is 13.8 Å². The van der Waals surface area contributed by atoms with Crippen LogP contribution in [-0.2, 0) is 17.9 Å². The van der Waals surface area contributed by atoms with E-state index in [0.717, 1.165) is 12.0 Å². The number of benzene rings is 1. The van der Waals surface area contributed by atoms with Gasteiger partial charge in [-0.15, -0.1) is 0 Å². The highest BCUT2D eigenvalue weighted by atomic mass is 16.5. The minimum absolute atomic E-state index is 0.0520. The van der Waals surface area contributed by atoms with Gasteiger partial charge in [0.15, 0.2) is 12.3 Å². The maximum atomic E-state index is 12.9. The number of rotatable bonds is 13. The lowest BCUT2D eigenvalue weighted by Gasteiger charge is -2.09. The smallest absolute Gasteiger partial charge is 0.332 e. The number of aromatic nitrogens is 4. The zero-order valence-corrected chi connectivity index (χ0v) is 19.6. The SMILES string of the molecule is CCCn1c(=O)c2[nH]c(-c3ccc(OCC(=O)NCCNCCO)cc3)nc2n(CCC)c1=O. The van der Waals surface area contributed by atoms with Crippen LogP contribution in [0.1, 0.15) is 26.7 Å². The van der Waals surface area contributed by atoms with Crippen LogP contribution < -0.4 is 26.6 Å². The van der Waals surface area contributed by atoms with E-state index in [2.05, 4.69) is 20.6 Å². The van der Waals surface area contributed by atoms with E-state index in [1.165, 1.54) is 4.57 Å². The summed E-state index contributed by atoms with van der Waals surface area (Å²) < 4.78 is 8.32. The van der Waals surface area contributed by atoms with Gasteiger partial charge in [0.2, 0.25) is 0 Å². The zero-order valence-electron chi connectivity index (χ0n) is 19.6. The number of amides is 1. The molecule has 0 saturated heterocycles. The van der Waals surface area contributed by atoms with E-state index in [-0.39, 0.29) is 30.4 Å². The number of aliphatic hydroxyl groups is 1. The average molecular weight is 473 g/mol. The van der Waals surface area contributed by atoms with Crippen molar-refractivity contribution in [1.82, 2.24) is 29.7 Å². The highest BCUT2D eigenvalue weighted by molar-refractivity contribution is 5.77. The number of aliphatic hydroxyl groups excluding tert-OH is 1. The van der Waals surface area contributed by atoms with Crippen LogP contribution in [0.3, 0.4) is 0 Å². The van der Waals surface area contributed by atoms with E-state index in [9.17, 15) is 14.4 Å². The van der Waals surface area contributed by atoms with Crippen LogP contribution in [0.15, 0.2) is 33.9 Å². The Morgan fingerprint density at radius 2 is 1.76 bits per heavy atom. The molecule has 184 valence electrons. The van der Waals surface area contributed by atoms with E-state index >= 15 is 0 Å². The molecule has 11 nitrogen and oxygen atoms in total. The molecule has 0 bridgehead atoms. The van der Waals surface area contributed by atoms with E-state index in [4.69, 9.17) is 9.84 Å². The van der Waals surface area contributed by atoms with Gasteiger partial charge in [-0.1, -0.05) is 13.8 Å². The monoisotopic (exact) mass is 472 g/mol. The number of aryl methyl sites for hydroxylation is 1. The lowest BCUT2D eigenvalue weighted by Crippen LogP contribution is -2.40.